The summed E-state index contributed by atoms with van der Waals surface area (Å²) in [6.45, 7) is 3.54. The first-order chi connectivity index (χ1) is 12.0. The predicted octanol–water partition coefficient (Wildman–Crippen LogP) is 3.45. The van der Waals surface area contributed by atoms with Crippen molar-refractivity contribution in [1.82, 2.24) is 4.90 Å². The van der Waals surface area contributed by atoms with Crippen LogP contribution in [0.3, 0.4) is 0 Å². The maximum Gasteiger partial charge on any atom is 0.229 e. The van der Waals surface area contributed by atoms with Gasteiger partial charge in [-0.2, -0.15) is 0 Å². The van der Waals surface area contributed by atoms with Crippen LogP contribution in [0.15, 0.2) is 42.5 Å². The lowest BCUT2D eigenvalue weighted by atomic mass is 9.91. The SMILES string of the molecule is C[C@H](C(=O)N1CCC[C@@H](CCC(N)=O)C1)c1ccc2ccccc2c1. The molecule has 1 aliphatic rings. The summed E-state index contributed by atoms with van der Waals surface area (Å²) in [5.74, 6) is 0.153. The number of piperidine rings is 1. The lowest BCUT2D eigenvalue weighted by molar-refractivity contribution is -0.134. The average Bonchev–Trinajstić information content (AvgIpc) is 2.65. The van der Waals surface area contributed by atoms with Crippen molar-refractivity contribution in [3.63, 3.8) is 0 Å². The predicted molar refractivity (Wildman–Crippen MR) is 100 cm³/mol. The summed E-state index contributed by atoms with van der Waals surface area (Å²) >= 11 is 0. The van der Waals surface area contributed by atoms with Gasteiger partial charge in [0.25, 0.3) is 0 Å². The van der Waals surface area contributed by atoms with Crippen LogP contribution < -0.4 is 5.73 Å². The molecule has 1 heterocycles. The number of nitrogens with two attached hydrogens (primary N) is 1. The van der Waals surface area contributed by atoms with Crippen molar-refractivity contribution in [3.05, 3.63) is 48.0 Å². The molecular formula is C21H26N2O2. The Morgan fingerprint density at radius 1 is 1.20 bits per heavy atom. The molecule has 0 spiro atoms. The molecule has 132 valence electrons. The highest BCUT2D eigenvalue weighted by molar-refractivity contribution is 5.87. The number of nitrogens with zero attached hydrogens (tertiary/aromatic N) is 1. The number of rotatable bonds is 5. The molecule has 2 aromatic carbocycles. The number of carbonyl (C=O) groups excluding carboxylic acids is 2. The summed E-state index contributed by atoms with van der Waals surface area (Å²) in [5, 5.41) is 2.35. The van der Waals surface area contributed by atoms with Crippen LogP contribution in [0.1, 0.15) is 44.1 Å². The summed E-state index contributed by atoms with van der Waals surface area (Å²) in [6.07, 6.45) is 3.26. The lowest BCUT2D eigenvalue weighted by Gasteiger charge is -2.34. The highest BCUT2D eigenvalue weighted by Crippen LogP contribution is 2.27. The summed E-state index contributed by atoms with van der Waals surface area (Å²) in [4.78, 5) is 25.9. The molecule has 1 saturated heterocycles. The summed E-state index contributed by atoms with van der Waals surface area (Å²) in [6, 6.07) is 14.5. The van der Waals surface area contributed by atoms with Crippen LogP contribution in [-0.4, -0.2) is 29.8 Å². The number of carbonyl (C=O) groups is 2. The van der Waals surface area contributed by atoms with Crippen molar-refractivity contribution in [2.24, 2.45) is 11.7 Å². The van der Waals surface area contributed by atoms with Crippen LogP contribution in [0, 0.1) is 5.92 Å². The maximum atomic E-state index is 13.0. The number of hydrogen-bond donors (Lipinski definition) is 1. The van der Waals surface area contributed by atoms with Gasteiger partial charge >= 0.3 is 0 Å². The van der Waals surface area contributed by atoms with E-state index in [-0.39, 0.29) is 17.7 Å². The Hall–Kier alpha value is -2.36. The fourth-order valence-corrected chi connectivity index (χ4v) is 3.74. The van der Waals surface area contributed by atoms with E-state index in [1.165, 1.54) is 5.39 Å². The number of fused-ring (bicyclic) bond motifs is 1. The molecule has 2 amide bonds. The van der Waals surface area contributed by atoms with Crippen LogP contribution >= 0.6 is 0 Å². The van der Waals surface area contributed by atoms with Crippen LogP contribution in [0.5, 0.6) is 0 Å². The Morgan fingerprint density at radius 3 is 2.72 bits per heavy atom. The van der Waals surface area contributed by atoms with Gasteiger partial charge in [-0.1, -0.05) is 42.5 Å². The second-order valence-electron chi connectivity index (χ2n) is 7.13. The number of hydrogen-bond acceptors (Lipinski definition) is 2. The minimum Gasteiger partial charge on any atom is -0.370 e. The molecule has 3 rings (SSSR count). The molecule has 25 heavy (non-hydrogen) atoms. The first-order valence-corrected chi connectivity index (χ1v) is 9.10. The van der Waals surface area contributed by atoms with Gasteiger partial charge in [-0.15, -0.1) is 0 Å². The number of likely N-dealkylation sites (tertiary alicyclic amines) is 1. The van der Waals surface area contributed by atoms with E-state index >= 15 is 0 Å². The first kappa shape index (κ1) is 17.5. The Bertz CT molecular complexity index is 771. The zero-order valence-corrected chi connectivity index (χ0v) is 14.8. The fraction of sp³-hybridized carbons (Fsp3) is 0.429. The van der Waals surface area contributed by atoms with Crippen LogP contribution in [0.4, 0.5) is 0 Å². The summed E-state index contributed by atoms with van der Waals surface area (Å²) in [5.41, 5.74) is 6.31. The highest BCUT2D eigenvalue weighted by Gasteiger charge is 2.27. The topological polar surface area (TPSA) is 63.4 Å². The van der Waals surface area contributed by atoms with E-state index < -0.39 is 0 Å². The standard InChI is InChI=1S/C21H26N2O2/c1-15(18-10-9-17-6-2-3-7-19(17)13-18)21(25)23-12-4-5-16(14-23)8-11-20(22)24/h2-3,6-7,9-10,13,15-16H,4-5,8,11-12,14H2,1H3,(H2,22,24)/t15-,16-/m0/s1. The van der Waals surface area contributed by atoms with Crippen LogP contribution in [-0.2, 0) is 9.59 Å². The van der Waals surface area contributed by atoms with Gasteiger partial charge in [-0.3, -0.25) is 9.59 Å². The molecule has 1 fully saturated rings. The van der Waals surface area contributed by atoms with Crippen molar-refractivity contribution in [2.45, 2.75) is 38.5 Å². The van der Waals surface area contributed by atoms with Crippen molar-refractivity contribution in [2.75, 3.05) is 13.1 Å². The molecule has 0 aliphatic carbocycles. The molecule has 4 heteroatoms. The van der Waals surface area contributed by atoms with Crippen molar-refractivity contribution < 1.29 is 9.59 Å². The number of amides is 2. The van der Waals surface area contributed by atoms with Gasteiger partial charge in [0.2, 0.25) is 11.8 Å². The third-order valence-electron chi connectivity index (χ3n) is 5.27. The molecule has 0 aromatic heterocycles. The van der Waals surface area contributed by atoms with E-state index in [4.69, 9.17) is 5.73 Å². The molecule has 2 atom stereocenters. The van der Waals surface area contributed by atoms with Gasteiger partial charge in [-0.05, 0) is 48.4 Å². The second-order valence-corrected chi connectivity index (χ2v) is 7.13. The molecule has 0 saturated carbocycles. The summed E-state index contributed by atoms with van der Waals surface area (Å²) in [7, 11) is 0. The van der Waals surface area contributed by atoms with Gasteiger partial charge in [0.1, 0.15) is 0 Å². The van der Waals surface area contributed by atoms with Crippen molar-refractivity contribution in [1.29, 1.82) is 0 Å². The fourth-order valence-electron chi connectivity index (χ4n) is 3.74. The Kier molecular flexibility index (Phi) is 5.37. The Labute approximate surface area is 149 Å². The zero-order chi connectivity index (χ0) is 17.8. The molecule has 0 bridgehead atoms. The minimum atomic E-state index is -0.256. The molecule has 4 nitrogen and oxygen atoms in total. The van der Waals surface area contributed by atoms with Gasteiger partial charge < -0.3 is 10.6 Å². The average molecular weight is 338 g/mol. The van der Waals surface area contributed by atoms with Crippen LogP contribution in [0.2, 0.25) is 0 Å². The van der Waals surface area contributed by atoms with Gasteiger partial charge in [0.05, 0.1) is 5.92 Å². The molecule has 0 unspecified atom stereocenters. The van der Waals surface area contributed by atoms with E-state index in [0.29, 0.717) is 12.3 Å². The third-order valence-corrected chi connectivity index (χ3v) is 5.27. The molecular weight excluding hydrogens is 312 g/mol. The van der Waals surface area contributed by atoms with Crippen molar-refractivity contribution >= 4 is 22.6 Å². The van der Waals surface area contributed by atoms with Gasteiger partial charge in [0, 0.05) is 19.5 Å². The first-order valence-electron chi connectivity index (χ1n) is 9.10. The number of primary amides is 1. The van der Waals surface area contributed by atoms with E-state index in [0.717, 1.165) is 43.3 Å². The highest BCUT2D eigenvalue weighted by atomic mass is 16.2. The minimum absolute atomic E-state index is 0.153. The second kappa shape index (κ2) is 7.68. The maximum absolute atomic E-state index is 13.0. The van der Waals surface area contributed by atoms with Crippen LogP contribution in [0.25, 0.3) is 10.8 Å². The molecule has 1 aliphatic heterocycles. The van der Waals surface area contributed by atoms with E-state index in [2.05, 4.69) is 30.3 Å². The Balaban J connectivity index is 1.69. The summed E-state index contributed by atoms with van der Waals surface area (Å²) < 4.78 is 0. The third kappa shape index (κ3) is 4.19. The van der Waals surface area contributed by atoms with E-state index in [1.54, 1.807) is 0 Å². The molecule has 2 N–H and O–H groups in total. The molecule has 2 aromatic rings. The van der Waals surface area contributed by atoms with Gasteiger partial charge in [-0.25, -0.2) is 0 Å². The zero-order valence-electron chi connectivity index (χ0n) is 14.8. The molecule has 0 radical (unpaired) electrons. The lowest BCUT2D eigenvalue weighted by Crippen LogP contribution is -2.42. The monoisotopic (exact) mass is 338 g/mol. The van der Waals surface area contributed by atoms with E-state index in [9.17, 15) is 9.59 Å². The van der Waals surface area contributed by atoms with Gasteiger partial charge in [0.15, 0.2) is 0 Å². The smallest absolute Gasteiger partial charge is 0.229 e. The van der Waals surface area contributed by atoms with Crippen molar-refractivity contribution in [3.8, 4) is 0 Å². The quantitative estimate of drug-likeness (QED) is 0.907. The Morgan fingerprint density at radius 2 is 1.96 bits per heavy atom. The van der Waals surface area contributed by atoms with E-state index in [1.807, 2.05) is 24.0 Å². The largest absolute Gasteiger partial charge is 0.370 e. The number of benzene rings is 2. The normalized spacial score (nSPS) is 18.9.